The van der Waals surface area contributed by atoms with Crippen molar-refractivity contribution in [2.75, 3.05) is 32.1 Å². The number of benzene rings is 2. The van der Waals surface area contributed by atoms with Gasteiger partial charge in [-0.05, 0) is 35.9 Å². The van der Waals surface area contributed by atoms with Gasteiger partial charge in [-0.3, -0.25) is 9.59 Å². The zero-order chi connectivity index (χ0) is 22.8. The minimum Gasteiger partial charge on any atom is -0.486 e. The van der Waals surface area contributed by atoms with Crippen molar-refractivity contribution in [3.05, 3.63) is 51.5 Å². The molecule has 0 bridgehead atoms. The number of carbonyl (C=O) groups excluding carboxylic acids is 2. The molecule has 0 aliphatic carbocycles. The van der Waals surface area contributed by atoms with Crippen LogP contribution in [-0.4, -0.2) is 43.5 Å². The smallest absolute Gasteiger partial charge is 0.417 e. The summed E-state index contributed by atoms with van der Waals surface area (Å²) >= 11 is 11.7. The molecule has 0 atom stereocenters. The molecule has 2 aromatic carbocycles. The number of rotatable bonds is 5. The third kappa shape index (κ3) is 5.74. The number of alkyl halides is 3. The molecule has 1 aliphatic rings. The van der Waals surface area contributed by atoms with Gasteiger partial charge in [0, 0.05) is 12.7 Å². The van der Waals surface area contributed by atoms with E-state index in [0.717, 1.165) is 17.0 Å². The SMILES string of the molecule is CN(CC(=O)Nc1ccc(Cl)c(C(F)(F)F)c1)C(=O)Cc1cc(Cl)c2c(c1)OCCO2. The van der Waals surface area contributed by atoms with Gasteiger partial charge in [-0.25, -0.2) is 0 Å². The molecule has 2 amide bonds. The zero-order valence-corrected chi connectivity index (χ0v) is 17.7. The number of ether oxygens (including phenoxy) is 2. The van der Waals surface area contributed by atoms with Gasteiger partial charge in [-0.1, -0.05) is 23.2 Å². The lowest BCUT2D eigenvalue weighted by Crippen LogP contribution is -2.35. The number of hydrogen-bond acceptors (Lipinski definition) is 4. The fourth-order valence-corrected chi connectivity index (χ4v) is 3.41. The number of hydrogen-bond donors (Lipinski definition) is 1. The molecule has 1 aliphatic heterocycles. The van der Waals surface area contributed by atoms with Crippen LogP contribution in [0.5, 0.6) is 11.5 Å². The molecule has 0 radical (unpaired) electrons. The number of halogens is 5. The van der Waals surface area contributed by atoms with Gasteiger partial charge in [-0.2, -0.15) is 13.2 Å². The Hall–Kier alpha value is -2.65. The molecule has 0 unspecified atom stereocenters. The third-order valence-electron chi connectivity index (χ3n) is 4.37. The molecule has 2 aromatic rings. The summed E-state index contributed by atoms with van der Waals surface area (Å²) in [6.07, 6.45) is -4.71. The summed E-state index contributed by atoms with van der Waals surface area (Å²) in [5, 5.41) is 2.17. The molecule has 1 heterocycles. The molecule has 0 spiro atoms. The van der Waals surface area contributed by atoms with Crippen LogP contribution in [0.4, 0.5) is 18.9 Å². The van der Waals surface area contributed by atoms with E-state index in [1.807, 2.05) is 0 Å². The lowest BCUT2D eigenvalue weighted by atomic mass is 10.1. The highest BCUT2D eigenvalue weighted by Gasteiger charge is 2.33. The fourth-order valence-electron chi connectivity index (χ4n) is 2.90. The molecule has 0 saturated heterocycles. The topological polar surface area (TPSA) is 67.9 Å². The second-order valence-corrected chi connectivity index (χ2v) is 7.58. The van der Waals surface area contributed by atoms with Gasteiger partial charge in [0.15, 0.2) is 11.5 Å². The monoisotopic (exact) mass is 476 g/mol. The Labute approximate surface area is 185 Å². The normalized spacial score (nSPS) is 13.0. The zero-order valence-electron chi connectivity index (χ0n) is 16.2. The second-order valence-electron chi connectivity index (χ2n) is 6.77. The summed E-state index contributed by atoms with van der Waals surface area (Å²) in [5.41, 5.74) is -0.577. The molecule has 6 nitrogen and oxygen atoms in total. The maximum absolute atomic E-state index is 12.9. The van der Waals surface area contributed by atoms with E-state index in [2.05, 4.69) is 5.32 Å². The lowest BCUT2D eigenvalue weighted by Gasteiger charge is -2.21. The van der Waals surface area contributed by atoms with Crippen molar-refractivity contribution in [3.8, 4) is 11.5 Å². The molecular formula is C20H17Cl2F3N2O4. The molecule has 0 aromatic heterocycles. The quantitative estimate of drug-likeness (QED) is 0.693. The Morgan fingerprint density at radius 2 is 1.81 bits per heavy atom. The van der Waals surface area contributed by atoms with E-state index in [-0.39, 0.29) is 18.7 Å². The van der Waals surface area contributed by atoms with Crippen molar-refractivity contribution in [1.82, 2.24) is 4.90 Å². The van der Waals surface area contributed by atoms with E-state index < -0.39 is 28.6 Å². The van der Waals surface area contributed by atoms with Crippen LogP contribution in [0.1, 0.15) is 11.1 Å². The fraction of sp³-hybridized carbons (Fsp3) is 0.300. The molecular weight excluding hydrogens is 460 g/mol. The number of anilines is 1. The van der Waals surface area contributed by atoms with E-state index in [0.29, 0.717) is 35.3 Å². The molecule has 31 heavy (non-hydrogen) atoms. The largest absolute Gasteiger partial charge is 0.486 e. The number of fused-ring (bicyclic) bond motifs is 1. The van der Waals surface area contributed by atoms with E-state index >= 15 is 0 Å². The summed E-state index contributed by atoms with van der Waals surface area (Å²) in [4.78, 5) is 25.8. The van der Waals surface area contributed by atoms with Crippen molar-refractivity contribution >= 4 is 40.7 Å². The van der Waals surface area contributed by atoms with E-state index in [1.54, 1.807) is 12.1 Å². The maximum atomic E-state index is 12.9. The number of nitrogens with zero attached hydrogens (tertiary/aromatic N) is 1. The minimum atomic E-state index is -4.66. The highest BCUT2D eigenvalue weighted by Crippen LogP contribution is 2.38. The summed E-state index contributed by atoms with van der Waals surface area (Å²) in [7, 11) is 1.41. The average molecular weight is 477 g/mol. The predicted octanol–water partition coefficient (Wildman–Crippen LogP) is 4.42. The Morgan fingerprint density at radius 3 is 2.52 bits per heavy atom. The van der Waals surface area contributed by atoms with Crippen molar-refractivity contribution in [3.63, 3.8) is 0 Å². The van der Waals surface area contributed by atoms with Crippen LogP contribution in [0.2, 0.25) is 10.0 Å². The maximum Gasteiger partial charge on any atom is 0.417 e. The predicted molar refractivity (Wildman–Crippen MR) is 109 cm³/mol. The Bertz CT molecular complexity index is 1010. The molecule has 1 N–H and O–H groups in total. The first kappa shape index (κ1) is 23.0. The number of amides is 2. The third-order valence-corrected chi connectivity index (χ3v) is 4.98. The van der Waals surface area contributed by atoms with E-state index in [1.165, 1.54) is 13.1 Å². The van der Waals surface area contributed by atoms with Gasteiger partial charge in [0.25, 0.3) is 0 Å². The van der Waals surface area contributed by atoms with Crippen LogP contribution >= 0.6 is 23.2 Å². The van der Waals surface area contributed by atoms with E-state index in [9.17, 15) is 22.8 Å². The van der Waals surface area contributed by atoms with Gasteiger partial charge < -0.3 is 19.7 Å². The van der Waals surface area contributed by atoms with Crippen LogP contribution < -0.4 is 14.8 Å². The van der Waals surface area contributed by atoms with Gasteiger partial charge in [0.1, 0.15) is 13.2 Å². The van der Waals surface area contributed by atoms with Crippen LogP contribution in [-0.2, 0) is 22.2 Å². The van der Waals surface area contributed by atoms with Crippen LogP contribution in [0.3, 0.4) is 0 Å². The van der Waals surface area contributed by atoms with Gasteiger partial charge in [0.05, 0.1) is 28.6 Å². The summed E-state index contributed by atoms with van der Waals surface area (Å²) in [6, 6.07) is 6.24. The van der Waals surface area contributed by atoms with Crippen molar-refractivity contribution in [2.45, 2.75) is 12.6 Å². The molecule has 3 rings (SSSR count). The lowest BCUT2D eigenvalue weighted by molar-refractivity contribution is -0.137. The van der Waals surface area contributed by atoms with Crippen molar-refractivity contribution in [2.24, 2.45) is 0 Å². The van der Waals surface area contributed by atoms with Crippen LogP contribution in [0.15, 0.2) is 30.3 Å². The van der Waals surface area contributed by atoms with Crippen molar-refractivity contribution < 1.29 is 32.2 Å². The van der Waals surface area contributed by atoms with Crippen LogP contribution in [0, 0.1) is 0 Å². The highest BCUT2D eigenvalue weighted by atomic mass is 35.5. The van der Waals surface area contributed by atoms with Gasteiger partial charge in [0.2, 0.25) is 11.8 Å². The van der Waals surface area contributed by atoms with E-state index in [4.69, 9.17) is 32.7 Å². The Morgan fingerprint density at radius 1 is 1.10 bits per heavy atom. The minimum absolute atomic E-state index is 0.0562. The van der Waals surface area contributed by atoms with Crippen LogP contribution in [0.25, 0.3) is 0 Å². The summed E-state index contributed by atoms with van der Waals surface area (Å²) < 4.78 is 49.7. The first-order chi connectivity index (χ1) is 14.5. The number of nitrogens with one attached hydrogen (secondary N) is 1. The first-order valence-corrected chi connectivity index (χ1v) is 9.79. The number of likely N-dealkylation sites (N-methyl/N-ethyl adjacent to an activating group) is 1. The summed E-state index contributed by atoms with van der Waals surface area (Å²) in [5.74, 6) is -0.204. The number of carbonyl (C=O) groups is 2. The van der Waals surface area contributed by atoms with Crippen molar-refractivity contribution in [1.29, 1.82) is 0 Å². The first-order valence-electron chi connectivity index (χ1n) is 9.03. The molecule has 11 heteroatoms. The van der Waals surface area contributed by atoms with Gasteiger partial charge in [-0.15, -0.1) is 0 Å². The molecule has 166 valence electrons. The average Bonchev–Trinajstić information content (AvgIpc) is 2.68. The Kier molecular flexibility index (Phi) is 6.86. The van der Waals surface area contributed by atoms with Gasteiger partial charge >= 0.3 is 6.18 Å². The Balaban J connectivity index is 1.61. The summed E-state index contributed by atoms with van der Waals surface area (Å²) in [6.45, 7) is 0.379. The molecule has 0 saturated carbocycles. The highest BCUT2D eigenvalue weighted by molar-refractivity contribution is 6.32. The molecule has 0 fully saturated rings. The second kappa shape index (κ2) is 9.23. The standard InChI is InChI=1S/C20H17Cl2F3N2O4/c1-27(10-17(28)26-12-2-3-14(21)13(9-12)20(23,24)25)18(29)8-11-6-15(22)19-16(7-11)30-4-5-31-19/h2-3,6-7,9H,4-5,8,10H2,1H3,(H,26,28).